The Kier molecular flexibility index (Phi) is 5.28. The predicted molar refractivity (Wildman–Crippen MR) is 114 cm³/mol. The SMILES string of the molecule is O=C(NCC1CCN(C2CCCC2)CC1)C1c2ccccc2Oc2ccccc21. The van der Waals surface area contributed by atoms with Gasteiger partial charge in [0.1, 0.15) is 11.5 Å². The largest absolute Gasteiger partial charge is 0.457 e. The van der Waals surface area contributed by atoms with Crippen molar-refractivity contribution >= 4 is 5.91 Å². The second-order valence-corrected chi connectivity index (χ2v) is 8.77. The Morgan fingerprint density at radius 2 is 1.48 bits per heavy atom. The third-order valence-electron chi connectivity index (χ3n) is 7.00. The fourth-order valence-corrected chi connectivity index (χ4v) is 5.33. The molecule has 3 aliphatic rings. The molecule has 0 unspecified atom stereocenters. The first kappa shape index (κ1) is 18.7. The number of nitrogens with zero attached hydrogens (tertiary/aromatic N) is 1. The lowest BCUT2D eigenvalue weighted by atomic mass is 9.87. The number of carbonyl (C=O) groups excluding carboxylic acids is 1. The van der Waals surface area contributed by atoms with Crippen LogP contribution in [0.3, 0.4) is 0 Å². The summed E-state index contributed by atoms with van der Waals surface area (Å²) in [4.78, 5) is 16.0. The number of fused-ring (bicyclic) bond motifs is 2. The highest BCUT2D eigenvalue weighted by atomic mass is 16.5. The first-order valence-corrected chi connectivity index (χ1v) is 11.2. The van der Waals surface area contributed by atoms with E-state index >= 15 is 0 Å². The number of ether oxygens (including phenoxy) is 1. The monoisotopic (exact) mass is 390 g/mol. The number of benzene rings is 2. The quantitative estimate of drug-likeness (QED) is 0.823. The fraction of sp³-hybridized carbons (Fsp3) is 0.480. The van der Waals surface area contributed by atoms with Gasteiger partial charge in [-0.2, -0.15) is 0 Å². The molecule has 2 aromatic rings. The molecule has 29 heavy (non-hydrogen) atoms. The summed E-state index contributed by atoms with van der Waals surface area (Å²) in [5.41, 5.74) is 1.92. The maximum Gasteiger partial charge on any atom is 0.232 e. The highest BCUT2D eigenvalue weighted by Crippen LogP contribution is 2.43. The molecule has 0 spiro atoms. The van der Waals surface area contributed by atoms with Gasteiger partial charge in [0.05, 0.1) is 5.92 Å². The molecule has 2 fully saturated rings. The van der Waals surface area contributed by atoms with Crippen molar-refractivity contribution in [2.45, 2.75) is 50.5 Å². The van der Waals surface area contributed by atoms with Crippen molar-refractivity contribution in [1.29, 1.82) is 0 Å². The molecule has 0 bridgehead atoms. The molecule has 0 atom stereocenters. The van der Waals surface area contributed by atoms with Gasteiger partial charge in [-0.15, -0.1) is 0 Å². The Labute approximate surface area is 173 Å². The van der Waals surface area contributed by atoms with E-state index in [4.69, 9.17) is 4.74 Å². The highest BCUT2D eigenvalue weighted by molar-refractivity contribution is 5.89. The van der Waals surface area contributed by atoms with Crippen LogP contribution in [0.25, 0.3) is 0 Å². The van der Waals surface area contributed by atoms with Crippen molar-refractivity contribution < 1.29 is 9.53 Å². The van der Waals surface area contributed by atoms with Crippen LogP contribution >= 0.6 is 0 Å². The molecule has 4 nitrogen and oxygen atoms in total. The van der Waals surface area contributed by atoms with E-state index in [0.717, 1.165) is 35.2 Å². The maximum absolute atomic E-state index is 13.3. The first-order valence-electron chi connectivity index (χ1n) is 11.2. The minimum atomic E-state index is -0.297. The molecular weight excluding hydrogens is 360 g/mol. The Hall–Kier alpha value is -2.33. The van der Waals surface area contributed by atoms with E-state index in [1.807, 2.05) is 48.5 Å². The van der Waals surface area contributed by atoms with Crippen LogP contribution in [0.2, 0.25) is 0 Å². The zero-order chi connectivity index (χ0) is 19.6. The first-order chi connectivity index (χ1) is 14.3. The van der Waals surface area contributed by atoms with Gasteiger partial charge < -0.3 is 15.0 Å². The average Bonchev–Trinajstić information content (AvgIpc) is 3.31. The normalized spacial score (nSPS) is 20.7. The molecule has 1 N–H and O–H groups in total. The Bertz CT molecular complexity index is 821. The molecule has 1 saturated heterocycles. The highest BCUT2D eigenvalue weighted by Gasteiger charge is 2.33. The lowest BCUT2D eigenvalue weighted by Crippen LogP contribution is -2.43. The number of rotatable bonds is 4. The van der Waals surface area contributed by atoms with Crippen molar-refractivity contribution in [3.05, 3.63) is 59.7 Å². The Morgan fingerprint density at radius 1 is 0.897 bits per heavy atom. The molecule has 2 heterocycles. The van der Waals surface area contributed by atoms with Gasteiger partial charge in [-0.05, 0) is 56.8 Å². The molecule has 152 valence electrons. The Morgan fingerprint density at radius 3 is 2.10 bits per heavy atom. The van der Waals surface area contributed by atoms with Crippen LogP contribution in [0, 0.1) is 5.92 Å². The van der Waals surface area contributed by atoms with Gasteiger partial charge in [0, 0.05) is 23.7 Å². The van der Waals surface area contributed by atoms with Gasteiger partial charge in [0.25, 0.3) is 0 Å². The number of para-hydroxylation sites is 2. The zero-order valence-corrected chi connectivity index (χ0v) is 17.0. The van der Waals surface area contributed by atoms with Crippen molar-refractivity contribution in [2.75, 3.05) is 19.6 Å². The molecule has 1 aliphatic carbocycles. The summed E-state index contributed by atoms with van der Waals surface area (Å²) in [6.45, 7) is 3.15. The average molecular weight is 391 g/mol. The van der Waals surface area contributed by atoms with E-state index in [1.165, 1.54) is 51.6 Å². The summed E-state index contributed by atoms with van der Waals surface area (Å²) in [6, 6.07) is 16.6. The van der Waals surface area contributed by atoms with Crippen LogP contribution < -0.4 is 10.1 Å². The van der Waals surface area contributed by atoms with Gasteiger partial charge in [0.15, 0.2) is 0 Å². The predicted octanol–water partition coefficient (Wildman–Crippen LogP) is 4.70. The van der Waals surface area contributed by atoms with Crippen LogP contribution in [0.1, 0.15) is 55.6 Å². The summed E-state index contributed by atoms with van der Waals surface area (Å²) in [5.74, 6) is 1.95. The summed E-state index contributed by atoms with van der Waals surface area (Å²) < 4.78 is 6.03. The summed E-state index contributed by atoms with van der Waals surface area (Å²) in [7, 11) is 0. The minimum absolute atomic E-state index is 0.0893. The van der Waals surface area contributed by atoms with E-state index in [2.05, 4.69) is 10.2 Å². The van der Waals surface area contributed by atoms with E-state index in [-0.39, 0.29) is 11.8 Å². The van der Waals surface area contributed by atoms with Crippen LogP contribution in [0.5, 0.6) is 11.5 Å². The van der Waals surface area contributed by atoms with Crippen molar-refractivity contribution in [2.24, 2.45) is 5.92 Å². The molecule has 0 radical (unpaired) electrons. The molecular formula is C25H30N2O2. The lowest BCUT2D eigenvalue weighted by Gasteiger charge is -2.36. The molecule has 1 saturated carbocycles. The van der Waals surface area contributed by atoms with Gasteiger partial charge in [-0.1, -0.05) is 49.2 Å². The van der Waals surface area contributed by atoms with Crippen LogP contribution in [0.4, 0.5) is 0 Å². The van der Waals surface area contributed by atoms with Crippen LogP contribution in [-0.2, 0) is 4.79 Å². The van der Waals surface area contributed by atoms with E-state index in [1.54, 1.807) is 0 Å². The van der Waals surface area contributed by atoms with E-state index < -0.39 is 0 Å². The molecule has 5 rings (SSSR count). The summed E-state index contributed by atoms with van der Waals surface area (Å²) in [5, 5.41) is 3.28. The third kappa shape index (κ3) is 3.78. The van der Waals surface area contributed by atoms with Gasteiger partial charge in [-0.25, -0.2) is 0 Å². The van der Waals surface area contributed by atoms with Crippen molar-refractivity contribution in [3.63, 3.8) is 0 Å². The Balaban J connectivity index is 1.24. The third-order valence-corrected chi connectivity index (χ3v) is 7.00. The van der Waals surface area contributed by atoms with Crippen molar-refractivity contribution in [1.82, 2.24) is 10.2 Å². The molecule has 4 heteroatoms. The summed E-state index contributed by atoms with van der Waals surface area (Å²) >= 11 is 0. The van der Waals surface area contributed by atoms with Crippen molar-refractivity contribution in [3.8, 4) is 11.5 Å². The number of carbonyl (C=O) groups is 1. The number of nitrogens with one attached hydrogen (secondary N) is 1. The number of hydrogen-bond donors (Lipinski definition) is 1. The number of amides is 1. The van der Waals surface area contributed by atoms with Gasteiger partial charge >= 0.3 is 0 Å². The second-order valence-electron chi connectivity index (χ2n) is 8.77. The van der Waals surface area contributed by atoms with E-state index in [0.29, 0.717) is 5.92 Å². The van der Waals surface area contributed by atoms with Crippen LogP contribution in [-0.4, -0.2) is 36.5 Å². The smallest absolute Gasteiger partial charge is 0.232 e. The fourth-order valence-electron chi connectivity index (χ4n) is 5.33. The number of likely N-dealkylation sites (tertiary alicyclic amines) is 1. The number of piperidine rings is 1. The number of hydrogen-bond acceptors (Lipinski definition) is 3. The van der Waals surface area contributed by atoms with Gasteiger partial charge in [0.2, 0.25) is 5.91 Å². The second kappa shape index (κ2) is 8.19. The molecule has 0 aromatic heterocycles. The lowest BCUT2D eigenvalue weighted by molar-refractivity contribution is -0.122. The minimum Gasteiger partial charge on any atom is -0.457 e. The maximum atomic E-state index is 13.3. The molecule has 2 aliphatic heterocycles. The molecule has 1 amide bonds. The topological polar surface area (TPSA) is 41.6 Å². The summed E-state index contributed by atoms with van der Waals surface area (Å²) in [6.07, 6.45) is 7.94. The van der Waals surface area contributed by atoms with Crippen LogP contribution in [0.15, 0.2) is 48.5 Å². The standard InChI is InChI=1S/C25H30N2O2/c28-25(26-17-18-13-15-27(16-14-18)19-7-1-2-8-19)24-20-9-3-5-11-22(20)29-23-12-6-4-10-21(23)24/h3-6,9-12,18-19,24H,1-2,7-8,13-17H2,(H,26,28). The molecule has 2 aromatic carbocycles. The van der Waals surface area contributed by atoms with E-state index in [9.17, 15) is 4.79 Å². The van der Waals surface area contributed by atoms with Gasteiger partial charge in [-0.3, -0.25) is 4.79 Å². The zero-order valence-electron chi connectivity index (χ0n) is 17.0.